The Morgan fingerprint density at radius 1 is 0.444 bits per heavy atom. The minimum Gasteiger partial charge on any atom is -0.447 e. The van der Waals surface area contributed by atoms with Crippen molar-refractivity contribution in [2.24, 2.45) is 0 Å². The summed E-state index contributed by atoms with van der Waals surface area (Å²) >= 11 is 0. The van der Waals surface area contributed by atoms with Gasteiger partial charge < -0.3 is 9.47 Å². The van der Waals surface area contributed by atoms with Crippen LogP contribution in [0, 0.1) is 0 Å². The van der Waals surface area contributed by atoms with Crippen LogP contribution in [0.3, 0.4) is 0 Å². The zero-order chi connectivity index (χ0) is 33.1. The molecule has 2 unspecified atom stereocenters. The van der Waals surface area contributed by atoms with E-state index in [1.165, 1.54) is 128 Å². The maximum Gasteiger partial charge on any atom is 0.307 e. The third kappa shape index (κ3) is 35.1. The molecule has 0 aromatic rings. The summed E-state index contributed by atoms with van der Waals surface area (Å²) in [4.78, 5) is 24.4. The van der Waals surface area contributed by atoms with E-state index in [0.29, 0.717) is 12.8 Å². The molecular formula is C40H75NO4. The number of allylic oxidation sites excluding steroid dienone is 4. The topological polar surface area (TPSA) is 64.6 Å². The highest BCUT2D eigenvalue weighted by Crippen LogP contribution is 2.12. The van der Waals surface area contributed by atoms with Gasteiger partial charge in [0, 0.05) is 12.8 Å². The van der Waals surface area contributed by atoms with Gasteiger partial charge in [0.15, 0.2) is 12.5 Å². The van der Waals surface area contributed by atoms with Crippen LogP contribution in [-0.2, 0) is 19.1 Å². The van der Waals surface area contributed by atoms with Crippen LogP contribution in [0.5, 0.6) is 0 Å². The molecule has 264 valence electrons. The zero-order valence-corrected chi connectivity index (χ0v) is 30.4. The van der Waals surface area contributed by atoms with Gasteiger partial charge in [-0.1, -0.05) is 141 Å². The molecule has 0 aliphatic heterocycles. The molecule has 0 radical (unpaired) electrons. The molecule has 0 saturated carbocycles. The fourth-order valence-electron chi connectivity index (χ4n) is 5.59. The first-order valence-electron chi connectivity index (χ1n) is 19.4. The SMILES string of the molecule is CCCCCCCCC=CCCCCCCCC(=O)OC(C)NC(C)OC(=O)CCCCCCCC=CCCCCCCCC. The molecule has 45 heavy (non-hydrogen) atoms. The summed E-state index contributed by atoms with van der Waals surface area (Å²) in [6, 6.07) is 0. The van der Waals surface area contributed by atoms with Crippen LogP contribution in [0.15, 0.2) is 24.3 Å². The zero-order valence-electron chi connectivity index (χ0n) is 30.4. The first-order chi connectivity index (χ1) is 22.0. The third-order valence-corrected chi connectivity index (χ3v) is 8.37. The molecule has 5 nitrogen and oxygen atoms in total. The summed E-state index contributed by atoms with van der Waals surface area (Å²) in [6.45, 7) is 8.10. The van der Waals surface area contributed by atoms with E-state index in [-0.39, 0.29) is 11.9 Å². The molecule has 0 aliphatic rings. The van der Waals surface area contributed by atoms with Gasteiger partial charge in [-0.05, 0) is 78.1 Å². The van der Waals surface area contributed by atoms with Gasteiger partial charge in [0.25, 0.3) is 0 Å². The molecule has 5 heteroatoms. The van der Waals surface area contributed by atoms with Crippen molar-refractivity contribution in [3.8, 4) is 0 Å². The molecule has 0 aliphatic carbocycles. The Hall–Kier alpha value is -1.62. The number of nitrogens with one attached hydrogen (secondary N) is 1. The standard InChI is InChI=1S/C40H75NO4/c1-5-7-9-11-13-15-17-19-21-23-25-27-29-31-33-35-39(42)44-37(3)41-38(4)45-40(43)36-34-32-30-28-26-24-22-20-18-16-14-12-10-8-6-2/h19-22,37-38,41H,5-18,23-36H2,1-4H3. The number of esters is 2. The number of carbonyl (C=O) groups is 2. The maximum atomic E-state index is 12.2. The second kappa shape index (κ2) is 35.2. The molecule has 0 aromatic heterocycles. The van der Waals surface area contributed by atoms with Crippen LogP contribution in [0.25, 0.3) is 0 Å². The van der Waals surface area contributed by atoms with Crippen molar-refractivity contribution < 1.29 is 19.1 Å². The number of hydrogen-bond donors (Lipinski definition) is 1. The Morgan fingerprint density at radius 3 is 1.02 bits per heavy atom. The fourth-order valence-corrected chi connectivity index (χ4v) is 5.59. The Labute approximate surface area is 280 Å². The van der Waals surface area contributed by atoms with E-state index in [2.05, 4.69) is 43.5 Å². The van der Waals surface area contributed by atoms with Crippen molar-refractivity contribution in [1.82, 2.24) is 5.32 Å². The van der Waals surface area contributed by atoms with E-state index in [4.69, 9.17) is 9.47 Å². The lowest BCUT2D eigenvalue weighted by molar-refractivity contribution is -0.157. The maximum absolute atomic E-state index is 12.2. The monoisotopic (exact) mass is 634 g/mol. The summed E-state index contributed by atoms with van der Waals surface area (Å²) in [7, 11) is 0. The molecule has 0 amide bonds. The Morgan fingerprint density at radius 2 is 0.711 bits per heavy atom. The van der Waals surface area contributed by atoms with Crippen molar-refractivity contribution in [2.75, 3.05) is 0 Å². The van der Waals surface area contributed by atoms with Crippen molar-refractivity contribution in [1.29, 1.82) is 0 Å². The van der Waals surface area contributed by atoms with Crippen molar-refractivity contribution in [2.45, 2.75) is 220 Å². The lowest BCUT2D eigenvalue weighted by Crippen LogP contribution is -2.40. The molecule has 0 saturated heterocycles. The molecule has 0 aromatic carbocycles. The highest BCUT2D eigenvalue weighted by atomic mass is 16.6. The van der Waals surface area contributed by atoms with Gasteiger partial charge >= 0.3 is 11.9 Å². The first kappa shape index (κ1) is 43.4. The number of carbonyl (C=O) groups excluding carboxylic acids is 2. The van der Waals surface area contributed by atoms with E-state index in [1.54, 1.807) is 13.8 Å². The molecule has 0 fully saturated rings. The summed E-state index contributed by atoms with van der Waals surface area (Å²) in [5, 5.41) is 3.05. The fraction of sp³-hybridized carbons (Fsp3) is 0.850. The van der Waals surface area contributed by atoms with E-state index >= 15 is 0 Å². The lowest BCUT2D eigenvalue weighted by Gasteiger charge is -2.20. The second-order valence-electron chi connectivity index (χ2n) is 13.1. The summed E-state index contributed by atoms with van der Waals surface area (Å²) in [6.07, 6.45) is 41.5. The highest BCUT2D eigenvalue weighted by Gasteiger charge is 2.15. The minimum absolute atomic E-state index is 0.195. The van der Waals surface area contributed by atoms with E-state index in [9.17, 15) is 9.59 Å². The average molecular weight is 634 g/mol. The van der Waals surface area contributed by atoms with Gasteiger partial charge in [-0.2, -0.15) is 0 Å². The highest BCUT2D eigenvalue weighted by molar-refractivity contribution is 5.70. The van der Waals surface area contributed by atoms with E-state index in [0.717, 1.165) is 38.5 Å². The average Bonchev–Trinajstić information content (AvgIpc) is 3.00. The van der Waals surface area contributed by atoms with Gasteiger partial charge in [-0.15, -0.1) is 0 Å². The quantitative estimate of drug-likeness (QED) is 0.0330. The smallest absolute Gasteiger partial charge is 0.307 e. The van der Waals surface area contributed by atoms with Crippen LogP contribution < -0.4 is 5.32 Å². The third-order valence-electron chi connectivity index (χ3n) is 8.37. The second-order valence-corrected chi connectivity index (χ2v) is 13.1. The molecule has 1 N–H and O–H groups in total. The Kier molecular flexibility index (Phi) is 34.0. The largest absolute Gasteiger partial charge is 0.447 e. The number of ether oxygens (including phenoxy) is 2. The van der Waals surface area contributed by atoms with Crippen LogP contribution in [0.1, 0.15) is 207 Å². The summed E-state index contributed by atoms with van der Waals surface area (Å²) in [5.74, 6) is -0.390. The van der Waals surface area contributed by atoms with Crippen LogP contribution in [-0.4, -0.2) is 24.4 Å². The van der Waals surface area contributed by atoms with E-state index < -0.39 is 12.5 Å². The first-order valence-corrected chi connectivity index (χ1v) is 19.4. The predicted molar refractivity (Wildman–Crippen MR) is 193 cm³/mol. The Balaban J connectivity index is 3.58. The van der Waals surface area contributed by atoms with Crippen LogP contribution in [0.2, 0.25) is 0 Å². The van der Waals surface area contributed by atoms with Crippen molar-refractivity contribution >= 4 is 11.9 Å². The molecule has 0 spiro atoms. The normalized spacial score (nSPS) is 13.1. The summed E-state index contributed by atoms with van der Waals surface area (Å²) in [5.41, 5.74) is 0. The molecule has 0 rings (SSSR count). The number of hydrogen-bond acceptors (Lipinski definition) is 5. The van der Waals surface area contributed by atoms with Gasteiger partial charge in [-0.3, -0.25) is 9.59 Å². The van der Waals surface area contributed by atoms with Gasteiger partial charge in [0.2, 0.25) is 0 Å². The van der Waals surface area contributed by atoms with Crippen molar-refractivity contribution in [3.05, 3.63) is 24.3 Å². The number of unbranched alkanes of at least 4 members (excludes halogenated alkanes) is 22. The Bertz CT molecular complexity index is 646. The molecule has 0 heterocycles. The van der Waals surface area contributed by atoms with Gasteiger partial charge in [0.1, 0.15) is 0 Å². The van der Waals surface area contributed by atoms with E-state index in [1.807, 2.05) is 0 Å². The van der Waals surface area contributed by atoms with Crippen molar-refractivity contribution in [3.63, 3.8) is 0 Å². The van der Waals surface area contributed by atoms with Gasteiger partial charge in [0.05, 0.1) is 0 Å². The molecule has 0 bridgehead atoms. The minimum atomic E-state index is -0.483. The molecular weight excluding hydrogens is 558 g/mol. The van der Waals surface area contributed by atoms with Crippen LogP contribution in [0.4, 0.5) is 0 Å². The van der Waals surface area contributed by atoms with Gasteiger partial charge in [-0.25, -0.2) is 5.32 Å². The lowest BCUT2D eigenvalue weighted by atomic mass is 10.1. The molecule has 2 atom stereocenters. The predicted octanol–water partition coefficient (Wildman–Crippen LogP) is 12.4. The summed E-state index contributed by atoms with van der Waals surface area (Å²) < 4.78 is 10.9. The number of rotatable bonds is 34. The van der Waals surface area contributed by atoms with Crippen LogP contribution >= 0.6 is 0 Å².